The molecule has 196 valence electrons. The fourth-order valence-corrected chi connectivity index (χ4v) is 4.43. The molecule has 1 amide bonds. The Morgan fingerprint density at radius 1 is 1.08 bits per heavy atom. The van der Waals surface area contributed by atoms with Gasteiger partial charge in [0.25, 0.3) is 11.7 Å². The normalized spacial score (nSPS) is 16.5. The van der Waals surface area contributed by atoms with Crippen molar-refractivity contribution in [2.75, 3.05) is 18.1 Å². The van der Waals surface area contributed by atoms with Crippen LogP contribution in [0.1, 0.15) is 48.6 Å². The number of hydrogen-bond acceptors (Lipinski definition) is 7. The number of benzene rings is 2. The number of aliphatic hydroxyl groups excluding tert-OH is 1. The first-order chi connectivity index (χ1) is 18.3. The maximum absolute atomic E-state index is 13.3. The lowest BCUT2D eigenvalue weighted by atomic mass is 9.95. The van der Waals surface area contributed by atoms with E-state index in [0.717, 1.165) is 12.0 Å². The summed E-state index contributed by atoms with van der Waals surface area (Å²) in [4.78, 5) is 44.1. The number of esters is 1. The molecule has 3 aromatic rings. The fraction of sp³-hybridized carbons (Fsp3) is 0.267. The van der Waals surface area contributed by atoms with Crippen LogP contribution in [0.3, 0.4) is 0 Å². The van der Waals surface area contributed by atoms with Gasteiger partial charge in [-0.05, 0) is 73.4 Å². The Hall–Kier alpha value is -4.46. The van der Waals surface area contributed by atoms with Crippen LogP contribution in [0.15, 0.2) is 72.6 Å². The molecule has 2 heterocycles. The highest BCUT2D eigenvalue weighted by atomic mass is 16.5. The van der Waals surface area contributed by atoms with Crippen molar-refractivity contribution < 1.29 is 29.0 Å². The molecule has 1 fully saturated rings. The Kier molecular flexibility index (Phi) is 8.21. The zero-order chi connectivity index (χ0) is 27.2. The predicted octanol–water partition coefficient (Wildman–Crippen LogP) is 4.91. The number of aryl methyl sites for hydroxylation is 1. The molecule has 0 bridgehead atoms. The first-order valence-electron chi connectivity index (χ1n) is 12.5. The minimum atomic E-state index is -0.893. The number of aliphatic hydroxyl groups is 1. The third-order valence-electron chi connectivity index (χ3n) is 6.22. The number of carbonyl (C=O) groups is 3. The number of nitrogens with zero attached hydrogens (tertiary/aromatic N) is 2. The molecule has 0 spiro atoms. The molecule has 0 saturated carbocycles. The highest BCUT2D eigenvalue weighted by Gasteiger charge is 2.47. The van der Waals surface area contributed by atoms with E-state index >= 15 is 0 Å². The molecular formula is C30H30N2O6. The largest absolute Gasteiger partial charge is 0.507 e. The molecule has 1 aromatic heterocycles. The molecule has 1 saturated heterocycles. The third kappa shape index (κ3) is 5.44. The lowest BCUT2D eigenvalue weighted by Crippen LogP contribution is -2.29. The number of rotatable bonds is 9. The second-order valence-electron chi connectivity index (χ2n) is 8.93. The van der Waals surface area contributed by atoms with Crippen LogP contribution < -0.4 is 9.64 Å². The molecule has 2 aromatic carbocycles. The summed E-state index contributed by atoms with van der Waals surface area (Å²) in [7, 11) is 0. The Bertz CT molecular complexity index is 1370. The monoisotopic (exact) mass is 514 g/mol. The van der Waals surface area contributed by atoms with Crippen LogP contribution in [-0.4, -0.2) is 41.0 Å². The van der Waals surface area contributed by atoms with Crippen molar-refractivity contribution in [3.63, 3.8) is 0 Å². The lowest BCUT2D eigenvalue weighted by molar-refractivity contribution is -0.142. The van der Waals surface area contributed by atoms with Crippen molar-refractivity contribution in [2.45, 2.75) is 39.7 Å². The van der Waals surface area contributed by atoms with Crippen LogP contribution in [0.4, 0.5) is 5.69 Å². The van der Waals surface area contributed by atoms with Crippen molar-refractivity contribution in [2.24, 2.45) is 0 Å². The quantitative estimate of drug-likeness (QED) is 0.187. The first kappa shape index (κ1) is 26.6. The minimum absolute atomic E-state index is 0.0276. The SMILES string of the molecule is CCCOc1ccc(/C(O)=C2/C(=O)C(=O)N(c3ccc(CC(=O)OCC)cc3)C2c2cccnc2)cc1C. The van der Waals surface area contributed by atoms with E-state index in [4.69, 9.17) is 9.47 Å². The summed E-state index contributed by atoms with van der Waals surface area (Å²) in [6.45, 7) is 6.47. The van der Waals surface area contributed by atoms with E-state index in [-0.39, 0.29) is 23.7 Å². The first-order valence-corrected chi connectivity index (χ1v) is 12.5. The van der Waals surface area contributed by atoms with Gasteiger partial charge in [-0.3, -0.25) is 24.3 Å². The molecule has 4 rings (SSSR count). The van der Waals surface area contributed by atoms with E-state index < -0.39 is 17.7 Å². The highest BCUT2D eigenvalue weighted by molar-refractivity contribution is 6.51. The number of ketones is 1. The number of carbonyl (C=O) groups excluding carboxylic acids is 3. The Morgan fingerprint density at radius 2 is 1.84 bits per heavy atom. The molecule has 1 aliphatic heterocycles. The van der Waals surface area contributed by atoms with Gasteiger partial charge < -0.3 is 14.6 Å². The summed E-state index contributed by atoms with van der Waals surface area (Å²) in [5.74, 6) is -1.49. The number of anilines is 1. The second-order valence-corrected chi connectivity index (χ2v) is 8.93. The van der Waals surface area contributed by atoms with Crippen LogP contribution in [0.25, 0.3) is 5.76 Å². The lowest BCUT2D eigenvalue weighted by Gasteiger charge is -2.25. The second kappa shape index (κ2) is 11.7. The molecule has 8 heteroatoms. The van der Waals surface area contributed by atoms with Crippen LogP contribution in [0.5, 0.6) is 5.75 Å². The van der Waals surface area contributed by atoms with Gasteiger partial charge in [-0.25, -0.2) is 0 Å². The summed E-state index contributed by atoms with van der Waals surface area (Å²) < 4.78 is 10.7. The van der Waals surface area contributed by atoms with Gasteiger partial charge >= 0.3 is 5.97 Å². The summed E-state index contributed by atoms with van der Waals surface area (Å²) in [5, 5.41) is 11.4. The van der Waals surface area contributed by atoms with Gasteiger partial charge in [-0.2, -0.15) is 0 Å². The van der Waals surface area contributed by atoms with Gasteiger partial charge in [-0.1, -0.05) is 25.1 Å². The Labute approximate surface area is 221 Å². The highest BCUT2D eigenvalue weighted by Crippen LogP contribution is 2.42. The maximum Gasteiger partial charge on any atom is 0.310 e. The average Bonchev–Trinajstić information content (AvgIpc) is 3.18. The van der Waals surface area contributed by atoms with E-state index in [1.807, 2.05) is 13.8 Å². The van der Waals surface area contributed by atoms with E-state index in [1.165, 1.54) is 4.90 Å². The topological polar surface area (TPSA) is 106 Å². The zero-order valence-corrected chi connectivity index (χ0v) is 21.6. The van der Waals surface area contributed by atoms with Crippen molar-refractivity contribution in [3.05, 3.63) is 94.8 Å². The summed E-state index contributed by atoms with van der Waals surface area (Å²) >= 11 is 0. The van der Waals surface area contributed by atoms with Gasteiger partial charge in [0.1, 0.15) is 11.5 Å². The molecule has 1 aliphatic rings. The molecule has 1 unspecified atom stereocenters. The summed E-state index contributed by atoms with van der Waals surface area (Å²) in [5.41, 5.74) is 2.91. The predicted molar refractivity (Wildman–Crippen MR) is 143 cm³/mol. The van der Waals surface area contributed by atoms with Crippen LogP contribution >= 0.6 is 0 Å². The number of Topliss-reactive ketones (excluding diaryl/α,β-unsaturated/α-hetero) is 1. The molecule has 1 N–H and O–H groups in total. The van der Waals surface area contributed by atoms with E-state index in [9.17, 15) is 19.5 Å². The molecule has 0 radical (unpaired) electrons. The minimum Gasteiger partial charge on any atom is -0.507 e. The van der Waals surface area contributed by atoms with Crippen molar-refractivity contribution in [3.8, 4) is 5.75 Å². The Balaban J connectivity index is 1.76. The number of ether oxygens (including phenoxy) is 2. The van der Waals surface area contributed by atoms with Crippen LogP contribution in [0.2, 0.25) is 0 Å². The third-order valence-corrected chi connectivity index (χ3v) is 6.22. The van der Waals surface area contributed by atoms with Crippen molar-refractivity contribution >= 4 is 29.1 Å². The van der Waals surface area contributed by atoms with Crippen LogP contribution in [-0.2, 0) is 25.5 Å². The van der Waals surface area contributed by atoms with E-state index in [1.54, 1.807) is 73.9 Å². The fourth-order valence-electron chi connectivity index (χ4n) is 4.43. The van der Waals surface area contributed by atoms with Crippen molar-refractivity contribution in [1.29, 1.82) is 0 Å². The molecule has 8 nitrogen and oxygen atoms in total. The molecule has 38 heavy (non-hydrogen) atoms. The smallest absolute Gasteiger partial charge is 0.310 e. The van der Waals surface area contributed by atoms with E-state index in [2.05, 4.69) is 4.98 Å². The van der Waals surface area contributed by atoms with Gasteiger partial charge in [0.05, 0.1) is 31.2 Å². The maximum atomic E-state index is 13.3. The molecule has 0 aliphatic carbocycles. The van der Waals surface area contributed by atoms with Gasteiger partial charge in [0, 0.05) is 23.6 Å². The van der Waals surface area contributed by atoms with Gasteiger partial charge in [0.15, 0.2) is 0 Å². The molecule has 1 atom stereocenters. The van der Waals surface area contributed by atoms with E-state index in [0.29, 0.717) is 41.3 Å². The molecular weight excluding hydrogens is 484 g/mol. The number of pyridine rings is 1. The number of hydrogen-bond donors (Lipinski definition) is 1. The zero-order valence-electron chi connectivity index (χ0n) is 21.6. The van der Waals surface area contributed by atoms with Crippen LogP contribution in [0, 0.1) is 6.92 Å². The van der Waals surface area contributed by atoms with Crippen molar-refractivity contribution in [1.82, 2.24) is 4.98 Å². The van der Waals surface area contributed by atoms with Gasteiger partial charge in [-0.15, -0.1) is 0 Å². The van der Waals surface area contributed by atoms with Gasteiger partial charge in [0.2, 0.25) is 0 Å². The number of aromatic nitrogens is 1. The number of amides is 1. The standard InChI is InChI=1S/C30H30N2O6/c1-4-15-38-24-13-10-21(16-19(24)3)28(34)26-27(22-7-6-14-31-18-22)32(30(36)29(26)35)23-11-8-20(9-12-23)17-25(33)37-5-2/h6-14,16,18,27,34H,4-5,15,17H2,1-3H3/b28-26-. The summed E-state index contributed by atoms with van der Waals surface area (Å²) in [6, 6.07) is 14.5. The Morgan fingerprint density at radius 3 is 2.47 bits per heavy atom. The average molecular weight is 515 g/mol. The summed E-state index contributed by atoms with van der Waals surface area (Å²) in [6.07, 6.45) is 4.12.